The number of aliphatic hydroxyl groups is 2. The molecule has 0 bridgehead atoms. The Morgan fingerprint density at radius 3 is 2.62 bits per heavy atom. The van der Waals surface area contributed by atoms with Crippen molar-refractivity contribution < 1.29 is 24.5 Å². The molecular weight excluding hydrogens is 394 g/mol. The molecule has 0 radical (unpaired) electrons. The van der Waals surface area contributed by atoms with Crippen LogP contribution in [0.1, 0.15) is 16.6 Å². The van der Waals surface area contributed by atoms with E-state index >= 15 is 0 Å². The van der Waals surface area contributed by atoms with Crippen LogP contribution < -0.4 is 16.6 Å². The van der Waals surface area contributed by atoms with Crippen molar-refractivity contribution in [2.24, 2.45) is 0 Å². The van der Waals surface area contributed by atoms with Crippen LogP contribution in [0.5, 0.6) is 0 Å². The first-order valence-electron chi connectivity index (χ1n) is 9.23. The molecule has 1 fully saturated rings. The van der Waals surface area contributed by atoms with Crippen LogP contribution in [0.3, 0.4) is 0 Å². The average Bonchev–Trinajstić information content (AvgIpc) is 2.96. The van der Waals surface area contributed by atoms with Gasteiger partial charge in [-0.25, -0.2) is 9.59 Å². The molecule has 29 heavy (non-hydrogen) atoms. The van der Waals surface area contributed by atoms with Crippen molar-refractivity contribution in [2.45, 2.75) is 44.2 Å². The topological polar surface area (TPSA) is 137 Å². The van der Waals surface area contributed by atoms with Gasteiger partial charge in [-0.15, -0.1) is 0 Å². The number of benzene rings is 1. The highest BCUT2D eigenvalue weighted by molar-refractivity contribution is 6.89. The lowest BCUT2D eigenvalue weighted by Crippen LogP contribution is -2.43. The third-order valence-electron chi connectivity index (χ3n) is 4.82. The van der Waals surface area contributed by atoms with E-state index in [0.717, 1.165) is 9.75 Å². The minimum atomic E-state index is -1.84. The van der Waals surface area contributed by atoms with Crippen molar-refractivity contribution in [1.29, 1.82) is 0 Å². The highest BCUT2D eigenvalue weighted by atomic mass is 28.3. The van der Waals surface area contributed by atoms with E-state index in [1.807, 2.05) is 12.1 Å². The van der Waals surface area contributed by atoms with E-state index in [0.29, 0.717) is 5.56 Å². The maximum Gasteiger partial charge on any atom is 0.351 e. The molecule has 1 aromatic carbocycles. The standard InChI is InChI=1S/C19H25N3O6Si/c1-29(2,3)13-7-5-4-6-11(13)18(25)28-16-15(24)12(10-23)27-17(16)22-9-8-14(20)21-19(22)26/h4-9,12,15-17,23-24H,10H2,1-3H3,(H2,20,21,26)/t12-,15-,16-,17-/m1/s1. The molecule has 2 heterocycles. The Balaban J connectivity index is 1.95. The first kappa shape index (κ1) is 21.2. The van der Waals surface area contributed by atoms with Gasteiger partial charge < -0.3 is 25.4 Å². The molecule has 1 saturated heterocycles. The maximum absolute atomic E-state index is 13.0. The van der Waals surface area contributed by atoms with E-state index in [1.54, 1.807) is 12.1 Å². The minimum absolute atomic E-state index is 0.0288. The number of hydrogen-bond acceptors (Lipinski definition) is 8. The van der Waals surface area contributed by atoms with Crippen LogP contribution in [0.25, 0.3) is 0 Å². The predicted molar refractivity (Wildman–Crippen MR) is 109 cm³/mol. The number of hydrogen-bond donors (Lipinski definition) is 3. The Hall–Kier alpha value is -2.53. The van der Waals surface area contributed by atoms with Crippen LogP contribution in [-0.4, -0.2) is 58.7 Å². The highest BCUT2D eigenvalue weighted by Crippen LogP contribution is 2.31. The van der Waals surface area contributed by atoms with Crippen LogP contribution in [-0.2, 0) is 9.47 Å². The zero-order valence-electron chi connectivity index (χ0n) is 16.5. The fourth-order valence-corrected chi connectivity index (χ4v) is 4.93. The number of anilines is 1. The summed E-state index contributed by atoms with van der Waals surface area (Å²) in [6.45, 7) is 5.82. The van der Waals surface area contributed by atoms with Gasteiger partial charge in [0.05, 0.1) is 20.2 Å². The summed E-state index contributed by atoms with van der Waals surface area (Å²) < 4.78 is 12.3. The Morgan fingerprint density at radius 1 is 1.31 bits per heavy atom. The molecule has 3 rings (SSSR count). The Bertz CT molecular complexity index is 957. The molecule has 1 aliphatic heterocycles. The average molecular weight is 420 g/mol. The quantitative estimate of drug-likeness (QED) is 0.449. The molecule has 156 valence electrons. The van der Waals surface area contributed by atoms with Gasteiger partial charge in [-0.05, 0) is 17.3 Å². The van der Waals surface area contributed by atoms with Gasteiger partial charge in [0, 0.05) is 6.20 Å². The maximum atomic E-state index is 13.0. The molecule has 0 saturated carbocycles. The first-order chi connectivity index (χ1) is 13.6. The van der Waals surface area contributed by atoms with Gasteiger partial charge in [-0.1, -0.05) is 37.8 Å². The summed E-state index contributed by atoms with van der Waals surface area (Å²) >= 11 is 0. The van der Waals surface area contributed by atoms with Crippen molar-refractivity contribution in [3.8, 4) is 0 Å². The van der Waals surface area contributed by atoms with E-state index in [4.69, 9.17) is 15.2 Å². The summed E-state index contributed by atoms with van der Waals surface area (Å²) in [4.78, 5) is 28.8. The molecule has 1 aliphatic rings. The third kappa shape index (κ3) is 4.25. The number of carbonyl (C=O) groups excluding carboxylic acids is 1. The number of nitrogen functional groups attached to an aromatic ring is 1. The molecule has 1 aromatic heterocycles. The molecule has 4 N–H and O–H groups in total. The SMILES string of the molecule is C[Si](C)(C)c1ccccc1C(=O)O[C@@H]1[C@H](O)[C@@H](CO)O[C@H]1n1ccc(N)nc1=O. The lowest BCUT2D eigenvalue weighted by atomic mass is 10.1. The van der Waals surface area contributed by atoms with E-state index in [-0.39, 0.29) is 5.82 Å². The van der Waals surface area contributed by atoms with E-state index < -0.39 is 50.9 Å². The van der Waals surface area contributed by atoms with Gasteiger partial charge in [0.15, 0.2) is 12.3 Å². The summed E-state index contributed by atoms with van der Waals surface area (Å²) in [5.41, 5.74) is 5.21. The number of nitrogens with zero attached hydrogens (tertiary/aromatic N) is 2. The lowest BCUT2D eigenvalue weighted by molar-refractivity contribution is -0.0602. The summed E-state index contributed by atoms with van der Waals surface area (Å²) in [6, 6.07) is 8.56. The molecule has 9 nitrogen and oxygen atoms in total. The summed E-state index contributed by atoms with van der Waals surface area (Å²) in [5, 5.41) is 20.9. The summed E-state index contributed by atoms with van der Waals surface area (Å²) in [6.07, 6.45) is -3.35. The van der Waals surface area contributed by atoms with Crippen molar-refractivity contribution in [3.05, 3.63) is 52.6 Å². The van der Waals surface area contributed by atoms with Crippen molar-refractivity contribution in [3.63, 3.8) is 0 Å². The minimum Gasteiger partial charge on any atom is -0.451 e. The Morgan fingerprint density at radius 2 is 2.00 bits per heavy atom. The third-order valence-corrected chi connectivity index (χ3v) is 6.87. The smallest absolute Gasteiger partial charge is 0.351 e. The van der Waals surface area contributed by atoms with Crippen molar-refractivity contribution in [2.75, 3.05) is 12.3 Å². The second-order valence-electron chi connectivity index (χ2n) is 7.95. The number of ether oxygens (including phenoxy) is 2. The number of esters is 1. The fraction of sp³-hybridized carbons (Fsp3) is 0.421. The molecule has 2 aromatic rings. The highest BCUT2D eigenvalue weighted by Gasteiger charge is 2.47. The van der Waals surface area contributed by atoms with Crippen LogP contribution in [0.15, 0.2) is 41.3 Å². The number of aliphatic hydroxyl groups excluding tert-OH is 2. The molecule has 0 spiro atoms. The number of rotatable bonds is 5. The Kier molecular flexibility index (Phi) is 5.89. The molecule has 0 aliphatic carbocycles. The summed E-state index contributed by atoms with van der Waals surface area (Å²) in [7, 11) is -1.84. The number of nitrogens with two attached hydrogens (primary N) is 1. The van der Waals surface area contributed by atoms with E-state index in [2.05, 4.69) is 24.6 Å². The van der Waals surface area contributed by atoms with Gasteiger partial charge in [0.25, 0.3) is 0 Å². The van der Waals surface area contributed by atoms with Gasteiger partial charge >= 0.3 is 11.7 Å². The second kappa shape index (κ2) is 8.07. The number of carbonyl (C=O) groups is 1. The van der Waals surface area contributed by atoms with E-state index in [9.17, 15) is 19.8 Å². The summed E-state index contributed by atoms with van der Waals surface area (Å²) in [5.74, 6) is -0.600. The van der Waals surface area contributed by atoms with Crippen LogP contribution >= 0.6 is 0 Å². The molecule has 0 unspecified atom stereocenters. The molecule has 10 heteroatoms. The zero-order chi connectivity index (χ0) is 21.3. The fourth-order valence-electron chi connectivity index (χ4n) is 3.34. The Labute approximate surface area is 168 Å². The van der Waals surface area contributed by atoms with E-state index in [1.165, 1.54) is 12.3 Å². The predicted octanol–water partition coefficient (Wildman–Crippen LogP) is -0.153. The normalized spacial score (nSPS) is 24.4. The van der Waals surface area contributed by atoms with Crippen molar-refractivity contribution >= 4 is 25.0 Å². The van der Waals surface area contributed by atoms with Gasteiger partial charge in [0.2, 0.25) is 0 Å². The monoisotopic (exact) mass is 419 g/mol. The second-order valence-corrected chi connectivity index (χ2v) is 13.0. The first-order valence-corrected chi connectivity index (χ1v) is 12.7. The van der Waals surface area contributed by atoms with Crippen molar-refractivity contribution in [1.82, 2.24) is 9.55 Å². The largest absolute Gasteiger partial charge is 0.451 e. The molecule has 4 atom stereocenters. The van der Waals surface area contributed by atoms with Crippen LogP contribution in [0.4, 0.5) is 5.82 Å². The number of aromatic nitrogens is 2. The molecule has 0 amide bonds. The van der Waals surface area contributed by atoms with Crippen LogP contribution in [0.2, 0.25) is 19.6 Å². The van der Waals surface area contributed by atoms with Gasteiger partial charge in [-0.2, -0.15) is 4.98 Å². The molecular formula is C19H25N3O6Si. The van der Waals surface area contributed by atoms with Crippen LogP contribution in [0, 0.1) is 0 Å². The lowest BCUT2D eigenvalue weighted by Gasteiger charge is -2.24. The zero-order valence-corrected chi connectivity index (χ0v) is 17.5. The van der Waals surface area contributed by atoms with Gasteiger partial charge in [0.1, 0.15) is 18.0 Å². The van der Waals surface area contributed by atoms with Gasteiger partial charge in [-0.3, -0.25) is 4.57 Å².